The number of ether oxygens (including phenoxy) is 2. The summed E-state index contributed by atoms with van der Waals surface area (Å²) in [4.78, 5) is 15.9. The molecule has 8 heteroatoms. The van der Waals surface area contributed by atoms with Crippen LogP contribution in [0, 0.1) is 0 Å². The summed E-state index contributed by atoms with van der Waals surface area (Å²) in [6.07, 6.45) is 5.87. The highest BCUT2D eigenvalue weighted by Crippen LogP contribution is 2.27. The Balaban J connectivity index is 1.53. The summed E-state index contributed by atoms with van der Waals surface area (Å²) in [5, 5.41) is 5.32. The molecule has 0 N–H and O–H groups in total. The Labute approximate surface area is 158 Å². The lowest BCUT2D eigenvalue weighted by molar-refractivity contribution is 0.0297. The molecular formula is C19H24N6O2. The molecule has 1 saturated heterocycles. The number of hydrogen-bond donors (Lipinski definition) is 0. The summed E-state index contributed by atoms with van der Waals surface area (Å²) in [5.74, 6) is 1.58. The van der Waals surface area contributed by atoms with E-state index in [-0.39, 0.29) is 6.10 Å². The average Bonchev–Trinajstić information content (AvgIpc) is 3.08. The van der Waals surface area contributed by atoms with Gasteiger partial charge in [-0.3, -0.25) is 9.67 Å². The Morgan fingerprint density at radius 3 is 2.96 bits per heavy atom. The van der Waals surface area contributed by atoms with Crippen molar-refractivity contribution in [3.63, 3.8) is 0 Å². The van der Waals surface area contributed by atoms with Crippen LogP contribution in [0.1, 0.15) is 24.4 Å². The number of piperidine rings is 1. The van der Waals surface area contributed by atoms with Crippen molar-refractivity contribution in [2.45, 2.75) is 32.2 Å². The van der Waals surface area contributed by atoms with Crippen LogP contribution < -0.4 is 4.90 Å². The van der Waals surface area contributed by atoms with Gasteiger partial charge in [-0.05, 0) is 25.0 Å². The van der Waals surface area contributed by atoms with Crippen LogP contribution in [-0.4, -0.2) is 51.0 Å². The van der Waals surface area contributed by atoms with Gasteiger partial charge in [-0.2, -0.15) is 5.10 Å². The number of fused-ring (bicyclic) bond motifs is 1. The van der Waals surface area contributed by atoms with Gasteiger partial charge in [0.15, 0.2) is 11.5 Å². The van der Waals surface area contributed by atoms with Crippen molar-refractivity contribution in [2.75, 3.05) is 25.1 Å². The Morgan fingerprint density at radius 1 is 1.22 bits per heavy atom. The van der Waals surface area contributed by atoms with E-state index in [1.165, 1.54) is 0 Å². The molecule has 142 valence electrons. The van der Waals surface area contributed by atoms with E-state index in [9.17, 15) is 0 Å². The highest BCUT2D eigenvalue weighted by atomic mass is 16.5. The molecule has 0 saturated carbocycles. The molecule has 0 amide bonds. The number of aryl methyl sites for hydroxylation is 1. The molecule has 8 nitrogen and oxygen atoms in total. The molecule has 1 aliphatic heterocycles. The van der Waals surface area contributed by atoms with Crippen LogP contribution in [-0.2, 0) is 29.7 Å². The summed E-state index contributed by atoms with van der Waals surface area (Å²) in [5.41, 5.74) is 1.78. The first-order valence-corrected chi connectivity index (χ1v) is 9.18. The predicted molar refractivity (Wildman–Crippen MR) is 101 cm³/mol. The maximum atomic E-state index is 6.12. The van der Waals surface area contributed by atoms with Crippen LogP contribution in [0.2, 0.25) is 0 Å². The summed E-state index contributed by atoms with van der Waals surface area (Å²) in [6, 6.07) is 5.88. The van der Waals surface area contributed by atoms with Gasteiger partial charge in [-0.25, -0.2) is 9.97 Å². The highest BCUT2D eigenvalue weighted by molar-refractivity contribution is 5.87. The standard InChI is InChI=1S/C19H24N6O2/c1-24-18-16(10-21-24)19(23-17(22-18)13-26-2)25-9-5-7-15(11-25)27-12-14-6-3-4-8-20-14/h3-4,6,8,10,15H,5,7,9,11-13H2,1-2H3/t15-/m1/s1. The maximum absolute atomic E-state index is 6.12. The minimum atomic E-state index is 0.147. The Bertz CT molecular complexity index is 898. The Morgan fingerprint density at radius 2 is 2.15 bits per heavy atom. The highest BCUT2D eigenvalue weighted by Gasteiger charge is 2.24. The topological polar surface area (TPSA) is 78.2 Å². The van der Waals surface area contributed by atoms with E-state index >= 15 is 0 Å². The molecule has 0 aliphatic carbocycles. The second-order valence-electron chi connectivity index (χ2n) is 6.74. The van der Waals surface area contributed by atoms with Crippen molar-refractivity contribution < 1.29 is 9.47 Å². The summed E-state index contributed by atoms with van der Waals surface area (Å²) in [7, 11) is 3.55. The first-order valence-electron chi connectivity index (χ1n) is 9.18. The predicted octanol–water partition coefficient (Wildman–Crippen LogP) is 2.09. The fourth-order valence-electron chi connectivity index (χ4n) is 3.44. The first kappa shape index (κ1) is 17.8. The largest absolute Gasteiger partial charge is 0.377 e. The first-order chi connectivity index (χ1) is 13.2. The summed E-state index contributed by atoms with van der Waals surface area (Å²) >= 11 is 0. The molecule has 1 atom stereocenters. The van der Waals surface area contributed by atoms with Gasteiger partial charge in [0.25, 0.3) is 0 Å². The Hall–Kier alpha value is -2.58. The summed E-state index contributed by atoms with van der Waals surface area (Å²) in [6.45, 7) is 2.64. The van der Waals surface area contributed by atoms with E-state index < -0.39 is 0 Å². The van der Waals surface area contributed by atoms with Gasteiger partial charge in [-0.1, -0.05) is 6.07 Å². The molecule has 0 radical (unpaired) electrons. The van der Waals surface area contributed by atoms with Crippen molar-refractivity contribution >= 4 is 16.9 Å². The van der Waals surface area contributed by atoms with Crippen molar-refractivity contribution in [3.05, 3.63) is 42.1 Å². The van der Waals surface area contributed by atoms with E-state index in [0.29, 0.717) is 19.0 Å². The molecule has 0 unspecified atom stereocenters. The lowest BCUT2D eigenvalue weighted by atomic mass is 10.1. The van der Waals surface area contributed by atoms with Gasteiger partial charge >= 0.3 is 0 Å². The molecule has 0 spiro atoms. The smallest absolute Gasteiger partial charge is 0.163 e. The van der Waals surface area contributed by atoms with Crippen LogP contribution in [0.15, 0.2) is 30.6 Å². The van der Waals surface area contributed by atoms with E-state index in [2.05, 4.69) is 20.0 Å². The van der Waals surface area contributed by atoms with Crippen molar-refractivity contribution in [1.29, 1.82) is 0 Å². The van der Waals surface area contributed by atoms with Gasteiger partial charge in [0.2, 0.25) is 0 Å². The molecule has 3 aromatic heterocycles. The fraction of sp³-hybridized carbons (Fsp3) is 0.474. The van der Waals surface area contributed by atoms with Gasteiger partial charge in [0, 0.05) is 33.4 Å². The van der Waals surface area contributed by atoms with Crippen LogP contribution in [0.25, 0.3) is 11.0 Å². The van der Waals surface area contributed by atoms with E-state index in [0.717, 1.165) is 48.5 Å². The lowest BCUT2D eigenvalue weighted by Crippen LogP contribution is -2.40. The molecule has 1 aliphatic rings. The second kappa shape index (κ2) is 7.98. The fourth-order valence-corrected chi connectivity index (χ4v) is 3.44. The van der Waals surface area contributed by atoms with E-state index in [1.54, 1.807) is 18.0 Å². The lowest BCUT2D eigenvalue weighted by Gasteiger charge is -2.33. The van der Waals surface area contributed by atoms with Crippen molar-refractivity contribution in [1.82, 2.24) is 24.7 Å². The second-order valence-corrected chi connectivity index (χ2v) is 6.74. The monoisotopic (exact) mass is 368 g/mol. The number of pyridine rings is 1. The maximum Gasteiger partial charge on any atom is 0.163 e. The van der Waals surface area contributed by atoms with Crippen LogP contribution in [0.4, 0.5) is 5.82 Å². The normalized spacial score (nSPS) is 17.6. The number of aromatic nitrogens is 5. The zero-order valence-corrected chi connectivity index (χ0v) is 15.7. The molecule has 0 aromatic carbocycles. The SMILES string of the molecule is COCc1nc(N2CCC[C@@H](OCc3ccccn3)C2)c2cnn(C)c2n1. The minimum absolute atomic E-state index is 0.147. The summed E-state index contributed by atoms with van der Waals surface area (Å²) < 4.78 is 13.1. The third-order valence-corrected chi connectivity index (χ3v) is 4.76. The van der Waals surface area contributed by atoms with Crippen LogP contribution >= 0.6 is 0 Å². The quantitative estimate of drug-likeness (QED) is 0.659. The third kappa shape index (κ3) is 3.91. The Kier molecular flexibility index (Phi) is 5.26. The molecule has 3 aromatic rings. The van der Waals surface area contributed by atoms with Crippen LogP contribution in [0.3, 0.4) is 0 Å². The number of methoxy groups -OCH3 is 1. The zero-order chi connectivity index (χ0) is 18.6. The number of anilines is 1. The van der Waals surface area contributed by atoms with Crippen molar-refractivity contribution in [3.8, 4) is 0 Å². The van der Waals surface area contributed by atoms with Gasteiger partial charge < -0.3 is 14.4 Å². The zero-order valence-electron chi connectivity index (χ0n) is 15.7. The van der Waals surface area contributed by atoms with Gasteiger partial charge in [0.1, 0.15) is 12.4 Å². The van der Waals surface area contributed by atoms with E-state index in [4.69, 9.17) is 14.5 Å². The molecule has 1 fully saturated rings. The minimum Gasteiger partial charge on any atom is -0.377 e. The average molecular weight is 368 g/mol. The molecule has 4 rings (SSSR count). The molecule has 4 heterocycles. The number of rotatable bonds is 6. The van der Waals surface area contributed by atoms with Crippen LogP contribution in [0.5, 0.6) is 0 Å². The van der Waals surface area contributed by atoms with Crippen molar-refractivity contribution in [2.24, 2.45) is 7.05 Å². The number of nitrogens with zero attached hydrogens (tertiary/aromatic N) is 6. The molecule has 0 bridgehead atoms. The molecule has 27 heavy (non-hydrogen) atoms. The van der Waals surface area contributed by atoms with Gasteiger partial charge in [0.05, 0.1) is 30.0 Å². The molecular weight excluding hydrogens is 344 g/mol. The third-order valence-electron chi connectivity index (χ3n) is 4.76. The van der Waals surface area contributed by atoms with Gasteiger partial charge in [-0.15, -0.1) is 0 Å². The number of hydrogen-bond acceptors (Lipinski definition) is 7. The van der Waals surface area contributed by atoms with E-state index in [1.807, 2.05) is 31.4 Å².